The van der Waals surface area contributed by atoms with E-state index in [1.165, 1.54) is 0 Å². The molecular formula is C7H8O4. The van der Waals surface area contributed by atoms with Gasteiger partial charge in [-0.25, -0.2) is 4.79 Å². The Morgan fingerprint density at radius 1 is 1.45 bits per heavy atom. The molecule has 0 amide bonds. The first kappa shape index (κ1) is 5.97. The number of carbonyl (C=O) groups excluding carboxylic acids is 1. The summed E-state index contributed by atoms with van der Waals surface area (Å²) in [6.07, 6.45) is 0.0927. The van der Waals surface area contributed by atoms with Crippen LogP contribution in [-0.4, -0.2) is 35.5 Å². The number of ether oxygens (including phenoxy) is 2. The Hall–Kier alpha value is -0.610. The van der Waals surface area contributed by atoms with Crippen molar-refractivity contribution in [2.24, 2.45) is 5.92 Å². The van der Waals surface area contributed by atoms with Gasteiger partial charge in [0.05, 0.1) is 6.10 Å². The van der Waals surface area contributed by atoms with E-state index in [0.717, 1.165) is 6.42 Å². The Morgan fingerprint density at radius 3 is 3.00 bits per heavy atom. The van der Waals surface area contributed by atoms with E-state index < -0.39 is 12.1 Å². The molecular weight excluding hydrogens is 148 g/mol. The van der Waals surface area contributed by atoms with Gasteiger partial charge in [-0.05, 0) is 6.42 Å². The molecule has 0 radical (unpaired) electrons. The molecule has 0 bridgehead atoms. The fourth-order valence-electron chi connectivity index (χ4n) is 2.12. The van der Waals surface area contributed by atoms with Crippen molar-refractivity contribution in [1.82, 2.24) is 0 Å². The van der Waals surface area contributed by atoms with E-state index in [-0.39, 0.29) is 24.2 Å². The summed E-state index contributed by atoms with van der Waals surface area (Å²) in [5.41, 5.74) is 0. The van der Waals surface area contributed by atoms with E-state index in [1.807, 2.05) is 0 Å². The lowest BCUT2D eigenvalue weighted by Gasteiger charge is -2.09. The van der Waals surface area contributed by atoms with Gasteiger partial charge in [-0.2, -0.15) is 0 Å². The average molecular weight is 156 g/mol. The number of carbonyl (C=O) groups is 1. The first-order chi connectivity index (χ1) is 5.27. The van der Waals surface area contributed by atoms with Gasteiger partial charge in [0.2, 0.25) is 0 Å². The molecule has 0 aromatic heterocycles. The van der Waals surface area contributed by atoms with Crippen LogP contribution < -0.4 is 0 Å². The minimum absolute atomic E-state index is 0.00579. The summed E-state index contributed by atoms with van der Waals surface area (Å²) in [6.45, 7) is 0. The maximum Gasteiger partial charge on any atom is 0.335 e. The number of fused-ring (bicyclic) bond motifs is 3. The lowest BCUT2D eigenvalue weighted by atomic mass is 10.0. The average Bonchev–Trinajstić information content (AvgIpc) is 2.59. The van der Waals surface area contributed by atoms with Crippen molar-refractivity contribution in [2.45, 2.75) is 30.8 Å². The van der Waals surface area contributed by atoms with Crippen LogP contribution in [0.1, 0.15) is 6.42 Å². The smallest absolute Gasteiger partial charge is 0.335 e. The quantitative estimate of drug-likeness (QED) is 0.363. The third-order valence-corrected chi connectivity index (χ3v) is 2.77. The molecule has 2 saturated heterocycles. The van der Waals surface area contributed by atoms with Gasteiger partial charge in [0.15, 0.2) is 6.10 Å². The summed E-state index contributed by atoms with van der Waals surface area (Å²) in [5, 5.41) is 9.28. The third-order valence-electron chi connectivity index (χ3n) is 2.77. The maximum absolute atomic E-state index is 10.8. The number of hydrogen-bond donors (Lipinski definition) is 1. The molecule has 3 fully saturated rings. The van der Waals surface area contributed by atoms with Crippen LogP contribution in [0, 0.1) is 5.92 Å². The fourth-order valence-corrected chi connectivity index (χ4v) is 2.12. The number of esters is 1. The number of aliphatic hydroxyl groups excluding tert-OH is 1. The zero-order valence-corrected chi connectivity index (χ0v) is 5.77. The number of aliphatic hydroxyl groups is 1. The van der Waals surface area contributed by atoms with Gasteiger partial charge < -0.3 is 14.6 Å². The first-order valence-corrected chi connectivity index (χ1v) is 3.81. The molecule has 0 unspecified atom stereocenters. The summed E-state index contributed by atoms with van der Waals surface area (Å²) < 4.78 is 10.1. The largest absolute Gasteiger partial charge is 0.457 e. The van der Waals surface area contributed by atoms with E-state index in [1.54, 1.807) is 0 Å². The first-order valence-electron chi connectivity index (χ1n) is 3.81. The lowest BCUT2D eigenvalue weighted by Crippen LogP contribution is -2.24. The molecule has 4 heteroatoms. The number of hydrogen-bond acceptors (Lipinski definition) is 4. The van der Waals surface area contributed by atoms with Crippen molar-refractivity contribution in [3.63, 3.8) is 0 Å². The van der Waals surface area contributed by atoms with Crippen molar-refractivity contribution in [3.8, 4) is 0 Å². The number of epoxide rings is 1. The molecule has 0 aromatic rings. The molecule has 3 rings (SSSR count). The summed E-state index contributed by atoms with van der Waals surface area (Å²) in [5.74, 6) is -0.472. The second-order valence-corrected chi connectivity index (χ2v) is 3.39. The predicted molar refractivity (Wildman–Crippen MR) is 32.7 cm³/mol. The van der Waals surface area contributed by atoms with E-state index in [9.17, 15) is 9.90 Å². The van der Waals surface area contributed by atoms with Crippen LogP contribution in [0.4, 0.5) is 0 Å². The Bertz CT molecular complexity index is 226. The van der Waals surface area contributed by atoms with Gasteiger partial charge in [-0.3, -0.25) is 0 Å². The second kappa shape index (κ2) is 1.59. The van der Waals surface area contributed by atoms with Gasteiger partial charge in [-0.1, -0.05) is 0 Å². The monoisotopic (exact) mass is 156 g/mol. The highest BCUT2D eigenvalue weighted by Gasteiger charge is 2.63. The third kappa shape index (κ3) is 0.594. The van der Waals surface area contributed by atoms with Gasteiger partial charge in [0.25, 0.3) is 0 Å². The van der Waals surface area contributed by atoms with Crippen LogP contribution in [0.5, 0.6) is 0 Å². The molecule has 5 atom stereocenters. The fraction of sp³-hybridized carbons (Fsp3) is 0.857. The molecule has 60 valence electrons. The highest BCUT2D eigenvalue weighted by atomic mass is 16.6. The van der Waals surface area contributed by atoms with Crippen molar-refractivity contribution in [3.05, 3.63) is 0 Å². The van der Waals surface area contributed by atoms with Crippen LogP contribution in [0.25, 0.3) is 0 Å². The van der Waals surface area contributed by atoms with E-state index >= 15 is 0 Å². The molecule has 1 saturated carbocycles. The number of rotatable bonds is 0. The normalized spacial score (nSPS) is 58.6. The van der Waals surface area contributed by atoms with E-state index in [0.29, 0.717) is 0 Å². The minimum Gasteiger partial charge on any atom is -0.457 e. The van der Waals surface area contributed by atoms with Crippen LogP contribution >= 0.6 is 0 Å². The van der Waals surface area contributed by atoms with Crippen molar-refractivity contribution < 1.29 is 19.4 Å². The summed E-state index contributed by atoms with van der Waals surface area (Å²) in [7, 11) is 0. The van der Waals surface area contributed by atoms with E-state index in [2.05, 4.69) is 0 Å². The zero-order valence-electron chi connectivity index (χ0n) is 5.77. The topological polar surface area (TPSA) is 59.1 Å². The molecule has 4 nitrogen and oxygen atoms in total. The molecule has 1 N–H and O–H groups in total. The molecule has 0 spiro atoms. The molecule has 1 aliphatic carbocycles. The Morgan fingerprint density at radius 2 is 2.27 bits per heavy atom. The molecule has 11 heavy (non-hydrogen) atoms. The van der Waals surface area contributed by atoms with Crippen LogP contribution in [0.15, 0.2) is 0 Å². The van der Waals surface area contributed by atoms with Crippen molar-refractivity contribution in [1.29, 1.82) is 0 Å². The molecule has 2 heterocycles. The van der Waals surface area contributed by atoms with Gasteiger partial charge in [-0.15, -0.1) is 0 Å². The van der Waals surface area contributed by atoms with Gasteiger partial charge >= 0.3 is 5.97 Å². The van der Waals surface area contributed by atoms with Crippen molar-refractivity contribution in [2.75, 3.05) is 0 Å². The molecule has 0 aromatic carbocycles. The maximum atomic E-state index is 10.8. The standard InChI is InChI=1S/C7H8O4/c8-4-2-1-3-6(10-3)5(2)11-7(4)9/h2-6,8H,1H2/t2-,3-,4+,5+,6-/m0/s1. The Kier molecular flexibility index (Phi) is 0.863. The van der Waals surface area contributed by atoms with Crippen LogP contribution in [0.2, 0.25) is 0 Å². The van der Waals surface area contributed by atoms with Crippen LogP contribution in [0.3, 0.4) is 0 Å². The highest BCUT2D eigenvalue weighted by molar-refractivity contribution is 5.77. The highest BCUT2D eigenvalue weighted by Crippen LogP contribution is 2.48. The molecule has 3 aliphatic rings. The Labute approximate surface area is 63.1 Å². The summed E-state index contributed by atoms with van der Waals surface area (Å²) >= 11 is 0. The lowest BCUT2D eigenvalue weighted by molar-refractivity contribution is -0.147. The molecule has 2 aliphatic heterocycles. The minimum atomic E-state index is -0.892. The van der Waals surface area contributed by atoms with Gasteiger partial charge in [0.1, 0.15) is 12.2 Å². The summed E-state index contributed by atoms with van der Waals surface area (Å²) in [6, 6.07) is 0. The Balaban J connectivity index is 1.90. The van der Waals surface area contributed by atoms with E-state index in [4.69, 9.17) is 9.47 Å². The summed E-state index contributed by atoms with van der Waals surface area (Å²) in [4.78, 5) is 10.8. The van der Waals surface area contributed by atoms with Crippen molar-refractivity contribution >= 4 is 5.97 Å². The van der Waals surface area contributed by atoms with Crippen LogP contribution in [-0.2, 0) is 14.3 Å². The SMILES string of the molecule is O=C1O[C@@H]2[C@@H](C[C@@H]3O[C@H]23)[C@H]1O. The zero-order chi connectivity index (χ0) is 7.59. The predicted octanol–water partition coefficient (Wildman–Crippen LogP) is -0.940. The second-order valence-electron chi connectivity index (χ2n) is 3.39. The van der Waals surface area contributed by atoms with Gasteiger partial charge in [0, 0.05) is 5.92 Å².